The van der Waals surface area contributed by atoms with Crippen LogP contribution in [0.3, 0.4) is 0 Å². The van der Waals surface area contributed by atoms with Gasteiger partial charge in [-0.3, -0.25) is 14.5 Å². The number of ether oxygens (including phenoxy) is 1. The van der Waals surface area contributed by atoms with Crippen molar-refractivity contribution < 1.29 is 18.7 Å². The predicted octanol–water partition coefficient (Wildman–Crippen LogP) is 2.35. The van der Waals surface area contributed by atoms with E-state index in [0.29, 0.717) is 23.7 Å². The van der Waals surface area contributed by atoms with Crippen LogP contribution in [0.5, 0.6) is 5.75 Å². The molecule has 0 radical (unpaired) electrons. The van der Waals surface area contributed by atoms with Crippen LogP contribution in [0.4, 0.5) is 5.69 Å². The minimum absolute atomic E-state index is 0.00155. The maximum atomic E-state index is 12.1. The van der Waals surface area contributed by atoms with Crippen LogP contribution < -0.4 is 15.0 Å². The van der Waals surface area contributed by atoms with E-state index in [1.165, 1.54) is 0 Å². The number of carbonyl (C=O) groups is 2. The first kappa shape index (κ1) is 15.1. The van der Waals surface area contributed by atoms with Crippen LogP contribution in [0.15, 0.2) is 40.8 Å². The van der Waals surface area contributed by atoms with Crippen molar-refractivity contribution in [1.29, 1.82) is 0 Å². The molecule has 3 rings (SSSR count). The van der Waals surface area contributed by atoms with E-state index in [0.717, 1.165) is 6.42 Å². The smallest absolute Gasteiger partial charge is 0.286 e. The second kappa shape index (κ2) is 6.56. The Morgan fingerprint density at radius 1 is 1.26 bits per heavy atom. The summed E-state index contributed by atoms with van der Waals surface area (Å²) in [7, 11) is 0. The summed E-state index contributed by atoms with van der Waals surface area (Å²) in [5, 5.41) is 2.76. The maximum Gasteiger partial charge on any atom is 0.286 e. The summed E-state index contributed by atoms with van der Waals surface area (Å²) < 4.78 is 11.0. The number of amides is 2. The van der Waals surface area contributed by atoms with Gasteiger partial charge < -0.3 is 14.5 Å². The Kier molecular flexibility index (Phi) is 4.32. The number of carbonyl (C=O) groups excluding carboxylic acids is 2. The molecule has 0 saturated carbocycles. The van der Waals surface area contributed by atoms with E-state index >= 15 is 0 Å². The highest BCUT2D eigenvalue weighted by Gasteiger charge is 2.26. The summed E-state index contributed by atoms with van der Waals surface area (Å²) in [6.07, 6.45) is 0.859. The molecule has 6 nitrogen and oxygen atoms in total. The minimum Gasteiger partial charge on any atom is -0.482 e. The van der Waals surface area contributed by atoms with Gasteiger partial charge in [-0.2, -0.15) is 0 Å². The molecule has 0 fully saturated rings. The second-order valence-electron chi connectivity index (χ2n) is 5.26. The van der Waals surface area contributed by atoms with E-state index in [4.69, 9.17) is 9.15 Å². The third-order valence-corrected chi connectivity index (χ3v) is 3.54. The average molecular weight is 314 g/mol. The zero-order valence-electron chi connectivity index (χ0n) is 12.9. The number of fused-ring (bicyclic) bond motifs is 1. The quantitative estimate of drug-likeness (QED) is 0.919. The van der Waals surface area contributed by atoms with Gasteiger partial charge >= 0.3 is 0 Å². The first-order valence-electron chi connectivity index (χ1n) is 7.58. The maximum absolute atomic E-state index is 12.1. The summed E-state index contributed by atoms with van der Waals surface area (Å²) in [5.41, 5.74) is 0.706. The van der Waals surface area contributed by atoms with Crippen molar-refractivity contribution in [2.75, 3.05) is 18.1 Å². The fourth-order valence-electron chi connectivity index (χ4n) is 2.39. The first-order chi connectivity index (χ1) is 11.2. The molecule has 0 unspecified atom stereocenters. The van der Waals surface area contributed by atoms with Gasteiger partial charge in [-0.15, -0.1) is 0 Å². The summed E-state index contributed by atoms with van der Waals surface area (Å²) >= 11 is 0. The van der Waals surface area contributed by atoms with Crippen molar-refractivity contribution >= 4 is 17.5 Å². The van der Waals surface area contributed by atoms with Gasteiger partial charge in [0.15, 0.2) is 12.4 Å². The third-order valence-electron chi connectivity index (χ3n) is 3.54. The molecular formula is C17H18N2O4. The van der Waals surface area contributed by atoms with E-state index in [2.05, 4.69) is 5.32 Å². The van der Waals surface area contributed by atoms with Gasteiger partial charge in [-0.25, -0.2) is 0 Å². The molecule has 1 aliphatic heterocycles. The fourth-order valence-corrected chi connectivity index (χ4v) is 2.39. The molecule has 6 heteroatoms. The molecule has 0 atom stereocenters. The van der Waals surface area contributed by atoms with Crippen molar-refractivity contribution in [2.45, 2.75) is 19.9 Å². The lowest BCUT2D eigenvalue weighted by atomic mass is 10.2. The van der Waals surface area contributed by atoms with Gasteiger partial charge in [-0.05, 0) is 30.7 Å². The fraction of sp³-hybridized carbons (Fsp3) is 0.294. The lowest BCUT2D eigenvalue weighted by Crippen LogP contribution is -2.38. The summed E-state index contributed by atoms with van der Waals surface area (Å²) in [4.78, 5) is 25.6. The highest BCUT2D eigenvalue weighted by molar-refractivity contribution is 5.97. The molecule has 0 saturated heterocycles. The van der Waals surface area contributed by atoms with Crippen LogP contribution in [-0.2, 0) is 11.3 Å². The number of nitrogens with one attached hydrogen (secondary N) is 1. The van der Waals surface area contributed by atoms with Gasteiger partial charge in [0.05, 0.1) is 12.2 Å². The van der Waals surface area contributed by atoms with Crippen molar-refractivity contribution in [3.63, 3.8) is 0 Å². The molecule has 2 amide bonds. The van der Waals surface area contributed by atoms with Crippen LogP contribution in [0.1, 0.15) is 29.7 Å². The van der Waals surface area contributed by atoms with Gasteiger partial charge in [0.1, 0.15) is 11.5 Å². The third kappa shape index (κ3) is 3.21. The number of furan rings is 1. The van der Waals surface area contributed by atoms with Crippen LogP contribution in [-0.4, -0.2) is 25.0 Å². The van der Waals surface area contributed by atoms with Crippen molar-refractivity contribution in [2.24, 2.45) is 0 Å². The standard InChI is InChI=1S/C17H18N2O4/c1-2-9-18-17(21)15-8-7-12(23-15)10-19-13-5-3-4-6-14(13)22-11-16(19)20/h3-8H,2,9-11H2,1H3,(H,18,21). The zero-order valence-corrected chi connectivity index (χ0v) is 12.9. The van der Waals surface area contributed by atoms with E-state index in [-0.39, 0.29) is 30.7 Å². The first-order valence-corrected chi connectivity index (χ1v) is 7.58. The highest BCUT2D eigenvalue weighted by atomic mass is 16.5. The van der Waals surface area contributed by atoms with Gasteiger partial charge in [-0.1, -0.05) is 19.1 Å². The molecule has 1 aromatic heterocycles. The number of para-hydroxylation sites is 2. The molecule has 0 spiro atoms. The number of hydrogen-bond donors (Lipinski definition) is 1. The summed E-state index contributed by atoms with van der Waals surface area (Å²) in [6, 6.07) is 10.7. The number of anilines is 1. The molecule has 2 heterocycles. The van der Waals surface area contributed by atoms with Crippen molar-refractivity contribution in [3.05, 3.63) is 47.9 Å². The highest BCUT2D eigenvalue weighted by Crippen LogP contribution is 2.32. The largest absolute Gasteiger partial charge is 0.482 e. The summed E-state index contributed by atoms with van der Waals surface area (Å²) in [6.45, 7) is 2.85. The van der Waals surface area contributed by atoms with Crippen LogP contribution in [0.25, 0.3) is 0 Å². The van der Waals surface area contributed by atoms with Crippen molar-refractivity contribution in [3.8, 4) is 5.75 Å². The molecule has 1 aliphatic rings. The molecule has 1 aromatic carbocycles. The van der Waals surface area contributed by atoms with Crippen molar-refractivity contribution in [1.82, 2.24) is 5.32 Å². The van der Waals surface area contributed by atoms with E-state index in [9.17, 15) is 9.59 Å². The number of hydrogen-bond acceptors (Lipinski definition) is 4. The minimum atomic E-state index is -0.244. The Morgan fingerprint density at radius 2 is 2.09 bits per heavy atom. The Balaban J connectivity index is 1.76. The van der Waals surface area contributed by atoms with E-state index in [1.807, 2.05) is 31.2 Å². The van der Waals surface area contributed by atoms with Crippen LogP contribution in [0.2, 0.25) is 0 Å². The molecule has 23 heavy (non-hydrogen) atoms. The second-order valence-corrected chi connectivity index (χ2v) is 5.26. The lowest BCUT2D eigenvalue weighted by Gasteiger charge is -2.28. The molecular weight excluding hydrogens is 296 g/mol. The topological polar surface area (TPSA) is 71.8 Å². The molecule has 0 bridgehead atoms. The monoisotopic (exact) mass is 314 g/mol. The summed E-state index contributed by atoms with van der Waals surface area (Å²) in [5.74, 6) is 1.09. The number of benzene rings is 1. The van der Waals surface area contributed by atoms with Gasteiger partial charge in [0, 0.05) is 6.54 Å². The molecule has 120 valence electrons. The van der Waals surface area contributed by atoms with E-state index in [1.54, 1.807) is 17.0 Å². The SMILES string of the molecule is CCCNC(=O)c1ccc(CN2C(=O)COc3ccccc32)o1. The number of rotatable bonds is 5. The lowest BCUT2D eigenvalue weighted by molar-refractivity contribution is -0.121. The number of nitrogens with zero attached hydrogens (tertiary/aromatic N) is 1. The van der Waals surface area contributed by atoms with Gasteiger partial charge in [0.25, 0.3) is 11.8 Å². The van der Waals surface area contributed by atoms with Gasteiger partial charge in [0.2, 0.25) is 0 Å². The van der Waals surface area contributed by atoms with E-state index < -0.39 is 0 Å². The molecule has 0 aliphatic carbocycles. The normalized spacial score (nSPS) is 13.4. The predicted molar refractivity (Wildman–Crippen MR) is 84.5 cm³/mol. The van der Waals surface area contributed by atoms with Crippen LogP contribution in [0, 0.1) is 0 Å². The van der Waals surface area contributed by atoms with Crippen LogP contribution >= 0.6 is 0 Å². The molecule has 1 N–H and O–H groups in total. The zero-order chi connectivity index (χ0) is 16.2. The molecule has 2 aromatic rings. The Hall–Kier alpha value is -2.76. The average Bonchev–Trinajstić information content (AvgIpc) is 3.04. The Labute approximate surface area is 134 Å². The Bertz CT molecular complexity index is 723. The Morgan fingerprint density at radius 3 is 2.91 bits per heavy atom.